The fraction of sp³-hybridized carbons (Fsp3) is 0.530. The first kappa shape index (κ1) is 73.8. The van der Waals surface area contributed by atoms with E-state index in [1.54, 1.807) is 31.6 Å². The maximum Gasteiger partial charge on any atom is 0.236 e. The molecule has 0 aliphatic carbocycles. The number of amides is 6. The van der Waals surface area contributed by atoms with E-state index in [2.05, 4.69) is 101 Å². The Labute approximate surface area is 627 Å². The minimum Gasteiger partial charge on any atom is -0.382 e. The lowest BCUT2D eigenvalue weighted by atomic mass is 10.1. The number of primary amides is 1. The first-order valence-corrected chi connectivity index (χ1v) is 36.7. The maximum absolute atomic E-state index is 14.7. The highest BCUT2D eigenvalue weighted by Gasteiger charge is 2.42. The van der Waals surface area contributed by atoms with Gasteiger partial charge in [-0.15, -0.1) is 0 Å². The van der Waals surface area contributed by atoms with Crippen molar-refractivity contribution in [3.63, 3.8) is 0 Å². The summed E-state index contributed by atoms with van der Waals surface area (Å²) < 4.78 is 9.61. The van der Waals surface area contributed by atoms with E-state index in [4.69, 9.17) is 45.9 Å². The van der Waals surface area contributed by atoms with Crippen LogP contribution >= 0.6 is 0 Å². The topological polar surface area (TPSA) is 605 Å². The molecule has 10 aromatic rings. The predicted octanol–water partition coefficient (Wildman–Crippen LogP) is -5.30. The van der Waals surface area contributed by atoms with E-state index in [1.807, 2.05) is 47.3 Å². The van der Waals surface area contributed by atoms with Crippen LogP contribution in [-0.4, -0.2) is 299 Å². The highest BCUT2D eigenvalue weighted by molar-refractivity contribution is 5.86. The standard InChI is InChI=1S/C66H90N38O6/c67-4-2-1-3-45(68)66(110)79-14-39-9-44(104-34-94-55-60(74)84-29-89-65(55)104)19-99(39)24-50(109)78-13-38-8-43(103-33-93-54-59(73)83-28-88-64(54)103)18-98(38)23-49(108)77-12-37-7-42(102-32-92-53-58(72)82-27-87-63(53)102)17-97(37)22-48(107)76-11-36-6-41(101-31-91-52-57(71)81-26-86-62(52)101)16-96(36)21-47(106)75-10-35-5-40(15-95(35)20-46(69)105)100-30-90-51-56(70)80-25-85-61(51)100/h25-45H,1-24,67-68H2,(H2,69,105)(H,75,106)(H,76,107)(H,77,108)(H,78,109)(H,79,110)(H2,70,80,85)(H2,71,81,86)(H2,72,82,87)(H2,73,83,88)(H2,74,84,89)/t35-,36-,37-,38-,39-,40-,41-,42-,43-,44-,45+/m1/s1. The molecule has 0 aromatic carbocycles. The zero-order chi connectivity index (χ0) is 76.4. The minimum absolute atomic E-state index is 0.0195. The molecule has 21 N–H and O–H groups in total. The second kappa shape index (κ2) is 31.9. The van der Waals surface area contributed by atoms with Gasteiger partial charge in [-0.1, -0.05) is 6.42 Å². The van der Waals surface area contributed by atoms with Crippen molar-refractivity contribution in [2.75, 3.05) is 133 Å². The number of nitrogens with one attached hydrogen (secondary N) is 5. The summed E-state index contributed by atoms with van der Waals surface area (Å²) in [6, 6.07) is -3.48. The van der Waals surface area contributed by atoms with Crippen LogP contribution in [0.1, 0.15) is 81.6 Å². The van der Waals surface area contributed by atoms with Crippen LogP contribution in [0.25, 0.3) is 55.8 Å². The molecule has 5 saturated heterocycles. The van der Waals surface area contributed by atoms with Crippen molar-refractivity contribution in [2.24, 2.45) is 17.2 Å². The number of nitrogens with zero attached hydrogens (tertiary/aromatic N) is 25. The van der Waals surface area contributed by atoms with Gasteiger partial charge < -0.3 is 95.3 Å². The van der Waals surface area contributed by atoms with Gasteiger partial charge in [-0.05, 0) is 51.5 Å². The number of imidazole rings is 5. The number of rotatable bonds is 30. The third-order valence-corrected chi connectivity index (χ3v) is 22.1. The molecule has 15 rings (SSSR count). The highest BCUT2D eigenvalue weighted by Crippen LogP contribution is 2.36. The molecule has 5 fully saturated rings. The second-order valence-electron chi connectivity index (χ2n) is 29.1. The summed E-state index contributed by atoms with van der Waals surface area (Å²) in [4.78, 5) is 159. The normalized spacial score (nSPS) is 23.2. The van der Waals surface area contributed by atoms with Gasteiger partial charge >= 0.3 is 0 Å². The van der Waals surface area contributed by atoms with Crippen LogP contribution in [0, 0.1) is 0 Å². The van der Waals surface area contributed by atoms with Crippen molar-refractivity contribution in [3.8, 4) is 0 Å². The number of unbranched alkanes of at least 4 members (excludes halogenated alkanes) is 1. The van der Waals surface area contributed by atoms with Gasteiger partial charge in [-0.2, -0.15) is 0 Å². The number of nitrogen functional groups attached to an aromatic ring is 5. The SMILES string of the molecule is NCCCC[C@H](N)C(=O)NC[C@H]1C[C@@H](n2cnc3c(N)ncnc32)CN1CC(=O)NC[C@H]1C[C@@H](n2cnc3c(N)ncnc32)CN1CC(=O)NC[C@H]1C[C@@H](n2cnc3c(N)ncnc32)CN1CC(=O)NC[C@H]1C[C@@H](n2cnc3c(N)ncnc32)CN1CC(=O)NC[C@H]1C[C@@H](n2cnc3c(N)ncnc32)CN1CC(N)=O. The van der Waals surface area contributed by atoms with E-state index in [-0.39, 0.29) is 184 Å². The molecular weight excluding hydrogens is 1420 g/mol. The van der Waals surface area contributed by atoms with Crippen LogP contribution in [0.3, 0.4) is 0 Å². The zero-order valence-electron chi connectivity index (χ0n) is 60.3. The van der Waals surface area contributed by atoms with Gasteiger partial charge in [0.25, 0.3) is 0 Å². The fourth-order valence-corrected chi connectivity index (χ4v) is 16.6. The third kappa shape index (κ3) is 15.5. The summed E-state index contributed by atoms with van der Waals surface area (Å²) in [5.74, 6) is -0.783. The summed E-state index contributed by atoms with van der Waals surface area (Å²) in [5.41, 5.74) is 53.7. The van der Waals surface area contributed by atoms with Crippen LogP contribution in [0.2, 0.25) is 0 Å². The second-order valence-corrected chi connectivity index (χ2v) is 29.1. The molecule has 44 heteroatoms. The molecule has 0 radical (unpaired) electrons. The molecule has 6 amide bonds. The van der Waals surface area contributed by atoms with Crippen molar-refractivity contribution in [1.29, 1.82) is 0 Å². The first-order chi connectivity index (χ1) is 53.3. The van der Waals surface area contributed by atoms with Gasteiger partial charge in [0, 0.05) is 95.7 Å². The highest BCUT2D eigenvalue weighted by atomic mass is 16.2. The van der Waals surface area contributed by atoms with Gasteiger partial charge in [0.1, 0.15) is 59.2 Å². The van der Waals surface area contributed by atoms with E-state index in [0.717, 1.165) is 6.42 Å². The fourth-order valence-electron chi connectivity index (χ4n) is 16.6. The monoisotopic (exact) mass is 1510 g/mol. The van der Waals surface area contributed by atoms with Crippen molar-refractivity contribution in [1.82, 2.24) is 149 Å². The van der Waals surface area contributed by atoms with Gasteiger partial charge in [-0.25, -0.2) is 74.8 Å². The minimum atomic E-state index is -0.720. The number of anilines is 5. The van der Waals surface area contributed by atoms with E-state index in [1.165, 1.54) is 31.6 Å². The molecule has 0 spiro atoms. The maximum atomic E-state index is 14.7. The van der Waals surface area contributed by atoms with E-state index >= 15 is 0 Å². The average molecular weight is 1510 g/mol. The molecule has 5 aliphatic heterocycles. The molecule has 44 nitrogen and oxygen atoms in total. The Bertz CT molecular complexity index is 5040. The Balaban J connectivity index is 0.618. The predicted molar refractivity (Wildman–Crippen MR) is 399 cm³/mol. The first-order valence-electron chi connectivity index (χ1n) is 36.7. The van der Waals surface area contributed by atoms with Crippen molar-refractivity contribution in [3.05, 3.63) is 63.3 Å². The largest absolute Gasteiger partial charge is 0.382 e. The molecule has 110 heavy (non-hydrogen) atoms. The number of hydrogen-bond acceptors (Lipinski definition) is 33. The number of nitrogens with two attached hydrogens (primary N) is 8. The lowest BCUT2D eigenvalue weighted by molar-refractivity contribution is -0.124. The van der Waals surface area contributed by atoms with Gasteiger partial charge in [0.2, 0.25) is 35.4 Å². The van der Waals surface area contributed by atoms with Crippen LogP contribution in [0.4, 0.5) is 29.1 Å². The van der Waals surface area contributed by atoms with Crippen LogP contribution < -0.4 is 72.5 Å². The summed E-state index contributed by atoms with van der Waals surface area (Å²) in [6.45, 7) is 3.18. The number of carbonyl (C=O) groups excluding carboxylic acids is 6. The van der Waals surface area contributed by atoms with E-state index in [9.17, 15) is 28.8 Å². The quantitative estimate of drug-likeness (QED) is 0.0187. The molecule has 11 atom stereocenters. The smallest absolute Gasteiger partial charge is 0.236 e. The number of aromatic nitrogens is 20. The van der Waals surface area contributed by atoms with Crippen LogP contribution in [0.5, 0.6) is 0 Å². The molecule has 0 saturated carbocycles. The Morgan fingerprint density at radius 1 is 0.355 bits per heavy atom. The molecular formula is C66H90N38O6. The molecule has 15 heterocycles. The van der Waals surface area contributed by atoms with Crippen molar-refractivity contribution in [2.45, 2.75) is 118 Å². The molecule has 0 bridgehead atoms. The van der Waals surface area contributed by atoms with Gasteiger partial charge in [0.15, 0.2) is 57.3 Å². The third-order valence-electron chi connectivity index (χ3n) is 22.1. The van der Waals surface area contributed by atoms with Gasteiger partial charge in [0.05, 0.1) is 101 Å². The number of likely N-dealkylation sites (tertiary alicyclic amines) is 5. The Kier molecular flexibility index (Phi) is 21.4. The van der Waals surface area contributed by atoms with Gasteiger partial charge in [-0.3, -0.25) is 53.3 Å². The lowest BCUT2D eigenvalue weighted by Gasteiger charge is -2.28. The zero-order valence-corrected chi connectivity index (χ0v) is 60.3. The summed E-state index contributed by atoms with van der Waals surface area (Å²) in [7, 11) is 0. The van der Waals surface area contributed by atoms with Crippen LogP contribution in [0.15, 0.2) is 63.3 Å². The Morgan fingerprint density at radius 3 is 0.845 bits per heavy atom. The Morgan fingerprint density at radius 2 is 0.600 bits per heavy atom. The average Bonchev–Trinajstić information content (AvgIpc) is 1.65. The van der Waals surface area contributed by atoms with Crippen molar-refractivity contribution >= 4 is 120 Å². The summed E-state index contributed by atoms with van der Waals surface area (Å²) >= 11 is 0. The molecule has 10 aromatic heterocycles. The van der Waals surface area contributed by atoms with E-state index < -0.39 is 11.9 Å². The molecule has 5 aliphatic rings. The molecule has 580 valence electrons. The number of hydrogen-bond donors (Lipinski definition) is 13. The van der Waals surface area contributed by atoms with E-state index in [0.29, 0.717) is 140 Å². The lowest BCUT2D eigenvalue weighted by Crippen LogP contribution is -2.50. The van der Waals surface area contributed by atoms with Crippen molar-refractivity contribution < 1.29 is 28.8 Å². The molecule has 0 unspecified atom stereocenters. The van der Waals surface area contributed by atoms with Crippen LogP contribution in [-0.2, 0) is 28.8 Å². The Hall–Kier alpha value is -11.7. The number of carbonyl (C=O) groups is 6. The summed E-state index contributed by atoms with van der Waals surface area (Å²) in [5, 5.41) is 15.7. The summed E-state index contributed by atoms with van der Waals surface area (Å²) in [6.07, 6.45) is 19.7. The number of fused-ring (bicyclic) bond motifs is 5.